The van der Waals surface area contributed by atoms with Crippen LogP contribution in [0.1, 0.15) is 16.7 Å². The Kier molecular flexibility index (Phi) is 5.47. The molecular formula is C27H26BrP. The van der Waals surface area contributed by atoms with Gasteiger partial charge in [0.1, 0.15) is 0 Å². The van der Waals surface area contributed by atoms with Crippen LogP contribution in [0.25, 0.3) is 0 Å². The summed E-state index contributed by atoms with van der Waals surface area (Å²) in [6.07, 6.45) is 0.947. The van der Waals surface area contributed by atoms with Gasteiger partial charge in [-0.1, -0.05) is 0 Å². The SMILES string of the molecule is Cc1cccc(C)c1CP(Br)(c1ccccc1)(c1ccccc1)c1ccccc1. The molecule has 0 heterocycles. The van der Waals surface area contributed by atoms with E-state index in [1.165, 1.54) is 32.6 Å². The predicted octanol–water partition coefficient (Wildman–Crippen LogP) is 6.64. The van der Waals surface area contributed by atoms with E-state index in [0.29, 0.717) is 0 Å². The molecule has 2 heteroatoms. The van der Waals surface area contributed by atoms with Gasteiger partial charge >= 0.3 is 183 Å². The maximum absolute atomic E-state index is 4.55. The van der Waals surface area contributed by atoms with Crippen LogP contribution in [0.15, 0.2) is 109 Å². The summed E-state index contributed by atoms with van der Waals surface area (Å²) in [7, 11) is 0. The van der Waals surface area contributed by atoms with E-state index in [2.05, 4.69) is 139 Å². The predicted molar refractivity (Wildman–Crippen MR) is 134 cm³/mol. The van der Waals surface area contributed by atoms with Gasteiger partial charge in [0.05, 0.1) is 0 Å². The van der Waals surface area contributed by atoms with Crippen LogP contribution in [0.4, 0.5) is 0 Å². The molecule has 0 spiro atoms. The molecule has 0 aromatic heterocycles. The van der Waals surface area contributed by atoms with Crippen molar-refractivity contribution in [1.29, 1.82) is 0 Å². The molecule has 0 aliphatic carbocycles. The third kappa shape index (κ3) is 3.37. The first-order chi connectivity index (χ1) is 14.0. The zero-order valence-corrected chi connectivity index (χ0v) is 19.4. The van der Waals surface area contributed by atoms with Crippen LogP contribution in [-0.4, -0.2) is 0 Å². The third-order valence-corrected chi connectivity index (χ3v) is 15.5. The van der Waals surface area contributed by atoms with Crippen LogP contribution in [0.2, 0.25) is 0 Å². The zero-order chi connectivity index (χ0) is 20.3. The first-order valence-corrected chi connectivity index (χ1v) is 14.4. The van der Waals surface area contributed by atoms with Crippen LogP contribution in [-0.2, 0) is 6.16 Å². The summed E-state index contributed by atoms with van der Waals surface area (Å²) in [5.74, 6) is 0. The van der Waals surface area contributed by atoms with Gasteiger partial charge in [0.15, 0.2) is 0 Å². The van der Waals surface area contributed by atoms with Gasteiger partial charge in [0.25, 0.3) is 0 Å². The fraction of sp³-hybridized carbons (Fsp3) is 0.111. The van der Waals surface area contributed by atoms with Crippen LogP contribution in [0.3, 0.4) is 0 Å². The second-order valence-electron chi connectivity index (χ2n) is 7.72. The number of hydrogen-bond acceptors (Lipinski definition) is 0. The molecule has 0 unspecified atom stereocenters. The van der Waals surface area contributed by atoms with Crippen molar-refractivity contribution in [2.24, 2.45) is 0 Å². The molecule has 0 aliphatic rings. The molecule has 0 radical (unpaired) electrons. The fourth-order valence-electron chi connectivity index (χ4n) is 4.33. The van der Waals surface area contributed by atoms with Crippen molar-refractivity contribution >= 4 is 36.7 Å². The van der Waals surface area contributed by atoms with E-state index < -0.39 is 5.31 Å². The summed E-state index contributed by atoms with van der Waals surface area (Å²) < 4.78 is 0. The number of aryl methyl sites for hydroxylation is 2. The molecule has 4 aromatic carbocycles. The van der Waals surface area contributed by atoms with Gasteiger partial charge in [-0.05, 0) is 0 Å². The summed E-state index contributed by atoms with van der Waals surface area (Å²) in [6, 6.07) is 39.7. The van der Waals surface area contributed by atoms with E-state index in [1.54, 1.807) is 0 Å². The van der Waals surface area contributed by atoms with E-state index in [4.69, 9.17) is 0 Å². The second-order valence-corrected chi connectivity index (χ2v) is 16.6. The summed E-state index contributed by atoms with van der Waals surface area (Å²) in [6.45, 7) is 4.47. The van der Waals surface area contributed by atoms with Crippen LogP contribution in [0.5, 0.6) is 0 Å². The number of halogens is 1. The molecule has 146 valence electrons. The molecule has 0 aliphatic heterocycles. The van der Waals surface area contributed by atoms with Crippen molar-refractivity contribution in [3.63, 3.8) is 0 Å². The Labute approximate surface area is 182 Å². The van der Waals surface area contributed by atoms with Crippen molar-refractivity contribution in [2.75, 3.05) is 0 Å². The Hall–Kier alpha value is -2.21. The summed E-state index contributed by atoms with van der Waals surface area (Å²) in [5, 5.41) is 1.15. The van der Waals surface area contributed by atoms with Gasteiger partial charge < -0.3 is 0 Å². The molecule has 4 rings (SSSR count). The van der Waals surface area contributed by atoms with Gasteiger partial charge in [-0.15, -0.1) is 0 Å². The Balaban J connectivity index is 2.13. The summed E-state index contributed by atoms with van der Waals surface area (Å²) >= 11 is 4.55. The minimum absolute atomic E-state index is 0.947. The van der Waals surface area contributed by atoms with Gasteiger partial charge in [-0.3, -0.25) is 0 Å². The Bertz CT molecular complexity index is 985. The van der Waals surface area contributed by atoms with E-state index in [9.17, 15) is 0 Å². The first kappa shape index (κ1) is 20.1. The van der Waals surface area contributed by atoms with Crippen molar-refractivity contribution in [2.45, 2.75) is 20.0 Å². The molecule has 0 N–H and O–H groups in total. The minimum atomic E-state index is -2.93. The topological polar surface area (TPSA) is 0 Å². The molecule has 0 saturated carbocycles. The van der Waals surface area contributed by atoms with E-state index in [0.717, 1.165) is 6.16 Å². The molecule has 0 saturated heterocycles. The Morgan fingerprint density at radius 1 is 0.517 bits per heavy atom. The molecule has 4 aromatic rings. The van der Waals surface area contributed by atoms with Crippen molar-refractivity contribution in [3.8, 4) is 0 Å². The second kappa shape index (κ2) is 7.90. The fourth-order valence-corrected chi connectivity index (χ4v) is 12.1. The summed E-state index contributed by atoms with van der Waals surface area (Å²) in [4.78, 5) is 0. The van der Waals surface area contributed by atoms with Gasteiger partial charge in [-0.25, -0.2) is 0 Å². The summed E-state index contributed by atoms with van der Waals surface area (Å²) in [5.41, 5.74) is 4.13. The van der Waals surface area contributed by atoms with Crippen molar-refractivity contribution in [1.82, 2.24) is 0 Å². The Morgan fingerprint density at radius 3 is 1.21 bits per heavy atom. The molecule has 0 atom stereocenters. The van der Waals surface area contributed by atoms with Gasteiger partial charge in [0, 0.05) is 0 Å². The van der Waals surface area contributed by atoms with Gasteiger partial charge in [-0.2, -0.15) is 0 Å². The monoisotopic (exact) mass is 460 g/mol. The standard InChI is InChI=1S/C27H26BrP/c1-22-13-12-14-23(2)27(22)21-29(28,24-15-6-3-7-16-24,25-17-8-4-9-18-25)26-19-10-5-11-20-26/h3-20H,21H2,1-2H3. The molecule has 0 nitrogen and oxygen atoms in total. The molecule has 0 fully saturated rings. The molecule has 0 amide bonds. The number of rotatable bonds is 5. The van der Waals surface area contributed by atoms with E-state index >= 15 is 0 Å². The average molecular weight is 461 g/mol. The quantitative estimate of drug-likeness (QED) is 0.292. The number of benzene rings is 4. The number of hydrogen-bond donors (Lipinski definition) is 0. The van der Waals surface area contributed by atoms with Gasteiger partial charge in [0.2, 0.25) is 0 Å². The normalized spacial score (nSPS) is 12.9. The van der Waals surface area contributed by atoms with E-state index in [1.807, 2.05) is 0 Å². The third-order valence-electron chi connectivity index (χ3n) is 5.98. The average Bonchev–Trinajstić information content (AvgIpc) is 2.78. The van der Waals surface area contributed by atoms with Crippen molar-refractivity contribution < 1.29 is 0 Å². The van der Waals surface area contributed by atoms with E-state index in [-0.39, 0.29) is 0 Å². The Morgan fingerprint density at radius 2 is 0.862 bits per heavy atom. The molecular weight excluding hydrogens is 435 g/mol. The van der Waals surface area contributed by atoms with Crippen molar-refractivity contribution in [3.05, 3.63) is 126 Å². The van der Waals surface area contributed by atoms with Crippen LogP contribution >= 0.6 is 20.8 Å². The maximum atomic E-state index is 4.55. The van der Waals surface area contributed by atoms with Crippen LogP contribution < -0.4 is 15.9 Å². The molecule has 29 heavy (non-hydrogen) atoms. The first-order valence-electron chi connectivity index (χ1n) is 9.99. The zero-order valence-electron chi connectivity index (χ0n) is 16.9. The van der Waals surface area contributed by atoms with Crippen LogP contribution in [0, 0.1) is 13.8 Å². The molecule has 0 bridgehead atoms.